The van der Waals surface area contributed by atoms with Gasteiger partial charge in [0.2, 0.25) is 0 Å². The van der Waals surface area contributed by atoms with Gasteiger partial charge in [0, 0.05) is 17.6 Å². The SMILES string of the molecule is CCNCc1cnc(COCC(F)(F)C(F)F)s1. The van der Waals surface area contributed by atoms with Gasteiger partial charge in [-0.2, -0.15) is 8.78 Å². The van der Waals surface area contributed by atoms with Crippen molar-refractivity contribution in [3.63, 3.8) is 0 Å². The summed E-state index contributed by atoms with van der Waals surface area (Å²) in [6, 6.07) is 0. The quantitative estimate of drug-likeness (QED) is 0.746. The summed E-state index contributed by atoms with van der Waals surface area (Å²) in [6.07, 6.45) is -2.10. The van der Waals surface area contributed by atoms with Gasteiger partial charge in [0.1, 0.15) is 11.6 Å². The van der Waals surface area contributed by atoms with E-state index >= 15 is 0 Å². The van der Waals surface area contributed by atoms with Crippen molar-refractivity contribution in [1.82, 2.24) is 10.3 Å². The summed E-state index contributed by atoms with van der Waals surface area (Å²) in [6.45, 7) is 1.93. The highest BCUT2D eigenvalue weighted by molar-refractivity contribution is 7.11. The minimum absolute atomic E-state index is 0.181. The number of alkyl halides is 4. The monoisotopic (exact) mass is 286 g/mol. The second kappa shape index (κ2) is 7.01. The number of hydrogen-bond donors (Lipinski definition) is 1. The van der Waals surface area contributed by atoms with Crippen LogP contribution in [0.1, 0.15) is 16.8 Å². The molecule has 0 saturated heterocycles. The molecule has 1 rings (SSSR count). The van der Waals surface area contributed by atoms with Crippen molar-refractivity contribution in [3.05, 3.63) is 16.1 Å². The summed E-state index contributed by atoms with van der Waals surface area (Å²) < 4.78 is 53.3. The predicted octanol–water partition coefficient (Wildman–Crippen LogP) is 2.67. The minimum Gasteiger partial charge on any atom is -0.368 e. The first-order valence-electron chi connectivity index (χ1n) is 5.33. The maximum Gasteiger partial charge on any atom is 0.330 e. The van der Waals surface area contributed by atoms with Crippen LogP contribution in [0.3, 0.4) is 0 Å². The zero-order chi connectivity index (χ0) is 13.6. The topological polar surface area (TPSA) is 34.2 Å². The fourth-order valence-electron chi connectivity index (χ4n) is 1.08. The third-order valence-electron chi connectivity index (χ3n) is 1.99. The van der Waals surface area contributed by atoms with E-state index < -0.39 is 19.0 Å². The third kappa shape index (κ3) is 4.87. The standard InChI is InChI=1S/C10H14F4N2OS/c1-2-15-3-7-4-16-8(18-7)5-17-6-10(13,14)9(11)12/h4,9,15H,2-3,5-6H2,1H3. The Kier molecular flexibility index (Phi) is 5.97. The van der Waals surface area contributed by atoms with E-state index in [0.717, 1.165) is 11.4 Å². The van der Waals surface area contributed by atoms with Gasteiger partial charge >= 0.3 is 12.3 Å². The first kappa shape index (κ1) is 15.3. The summed E-state index contributed by atoms with van der Waals surface area (Å²) in [4.78, 5) is 4.90. The number of nitrogens with one attached hydrogen (secondary N) is 1. The molecule has 104 valence electrons. The predicted molar refractivity (Wildman–Crippen MR) is 60.1 cm³/mol. The lowest BCUT2D eigenvalue weighted by molar-refractivity contribution is -0.168. The molecule has 18 heavy (non-hydrogen) atoms. The molecule has 0 bridgehead atoms. The molecule has 0 aliphatic carbocycles. The van der Waals surface area contributed by atoms with Crippen molar-refractivity contribution in [3.8, 4) is 0 Å². The van der Waals surface area contributed by atoms with E-state index in [1.54, 1.807) is 6.20 Å². The molecule has 0 fully saturated rings. The molecule has 0 aliphatic heterocycles. The number of hydrogen-bond acceptors (Lipinski definition) is 4. The fraction of sp³-hybridized carbons (Fsp3) is 0.700. The van der Waals surface area contributed by atoms with Crippen LogP contribution in [-0.2, 0) is 17.9 Å². The Morgan fingerprint density at radius 3 is 2.83 bits per heavy atom. The molecule has 8 heteroatoms. The molecule has 0 saturated carbocycles. The van der Waals surface area contributed by atoms with Crippen LogP contribution in [0.4, 0.5) is 17.6 Å². The van der Waals surface area contributed by atoms with E-state index in [1.807, 2.05) is 6.92 Å². The van der Waals surface area contributed by atoms with Gasteiger partial charge in [0.25, 0.3) is 0 Å². The van der Waals surface area contributed by atoms with E-state index in [1.165, 1.54) is 11.3 Å². The van der Waals surface area contributed by atoms with Crippen LogP contribution in [0.2, 0.25) is 0 Å². The van der Waals surface area contributed by atoms with Gasteiger partial charge in [-0.15, -0.1) is 11.3 Å². The maximum atomic E-state index is 12.5. The van der Waals surface area contributed by atoms with Gasteiger partial charge < -0.3 is 10.1 Å². The van der Waals surface area contributed by atoms with Crippen LogP contribution < -0.4 is 5.32 Å². The molecule has 1 aromatic rings. The van der Waals surface area contributed by atoms with E-state index in [9.17, 15) is 17.6 Å². The molecule has 0 radical (unpaired) electrons. The van der Waals surface area contributed by atoms with Gasteiger partial charge in [-0.25, -0.2) is 13.8 Å². The highest BCUT2D eigenvalue weighted by Crippen LogP contribution is 2.23. The molecule has 0 unspecified atom stereocenters. The van der Waals surface area contributed by atoms with E-state index in [2.05, 4.69) is 15.0 Å². The summed E-state index contributed by atoms with van der Waals surface area (Å²) in [7, 11) is 0. The molecule has 0 aliphatic rings. The molecule has 0 atom stereocenters. The summed E-state index contributed by atoms with van der Waals surface area (Å²) in [5, 5.41) is 3.58. The van der Waals surface area contributed by atoms with E-state index in [4.69, 9.17) is 0 Å². The molecular weight excluding hydrogens is 272 g/mol. The first-order valence-corrected chi connectivity index (χ1v) is 6.15. The van der Waals surface area contributed by atoms with Crippen molar-refractivity contribution >= 4 is 11.3 Å². The Bertz CT molecular complexity index is 359. The van der Waals surface area contributed by atoms with Crippen molar-refractivity contribution in [1.29, 1.82) is 0 Å². The van der Waals surface area contributed by atoms with E-state index in [-0.39, 0.29) is 6.61 Å². The number of ether oxygens (including phenoxy) is 1. The lowest BCUT2D eigenvalue weighted by Gasteiger charge is -2.14. The summed E-state index contributed by atoms with van der Waals surface area (Å²) in [5.41, 5.74) is 0. The van der Waals surface area contributed by atoms with Crippen LogP contribution >= 0.6 is 11.3 Å². The molecule has 0 aromatic carbocycles. The Balaban J connectivity index is 2.33. The molecule has 3 nitrogen and oxygen atoms in total. The van der Waals surface area contributed by atoms with Gasteiger partial charge in [-0.05, 0) is 6.54 Å². The zero-order valence-corrected chi connectivity index (χ0v) is 10.6. The molecule has 1 N–H and O–H groups in total. The number of rotatable bonds is 8. The van der Waals surface area contributed by atoms with E-state index in [0.29, 0.717) is 11.6 Å². The molecule has 1 heterocycles. The summed E-state index contributed by atoms with van der Waals surface area (Å²) in [5.74, 6) is -4.11. The molecule has 0 amide bonds. The van der Waals surface area contributed by atoms with Crippen molar-refractivity contribution in [2.45, 2.75) is 32.4 Å². The van der Waals surface area contributed by atoms with Crippen LogP contribution in [0, 0.1) is 0 Å². The average molecular weight is 286 g/mol. The third-order valence-corrected chi connectivity index (χ3v) is 2.96. The lowest BCUT2D eigenvalue weighted by Crippen LogP contribution is -2.32. The highest BCUT2D eigenvalue weighted by atomic mass is 32.1. The average Bonchev–Trinajstić information content (AvgIpc) is 2.74. The van der Waals surface area contributed by atoms with Gasteiger partial charge in [-0.1, -0.05) is 6.92 Å². The smallest absolute Gasteiger partial charge is 0.330 e. The van der Waals surface area contributed by atoms with Crippen molar-refractivity contribution < 1.29 is 22.3 Å². The first-order chi connectivity index (χ1) is 8.45. The Hall–Kier alpha value is -0.730. The second-order valence-electron chi connectivity index (χ2n) is 3.56. The number of nitrogens with zero attached hydrogens (tertiary/aromatic N) is 1. The van der Waals surface area contributed by atoms with Gasteiger partial charge in [0.05, 0.1) is 6.61 Å². The fourth-order valence-corrected chi connectivity index (χ4v) is 1.91. The highest BCUT2D eigenvalue weighted by Gasteiger charge is 2.40. The maximum absolute atomic E-state index is 12.5. The Morgan fingerprint density at radius 1 is 1.50 bits per heavy atom. The number of aromatic nitrogens is 1. The van der Waals surface area contributed by atoms with Gasteiger partial charge in [-0.3, -0.25) is 0 Å². The van der Waals surface area contributed by atoms with Crippen molar-refractivity contribution in [2.24, 2.45) is 0 Å². The molecule has 0 spiro atoms. The summed E-state index contributed by atoms with van der Waals surface area (Å²) >= 11 is 1.30. The Morgan fingerprint density at radius 2 is 2.22 bits per heavy atom. The lowest BCUT2D eigenvalue weighted by atomic mass is 10.4. The normalized spacial score (nSPS) is 12.3. The van der Waals surface area contributed by atoms with Crippen molar-refractivity contribution in [2.75, 3.05) is 13.2 Å². The zero-order valence-electron chi connectivity index (χ0n) is 9.76. The van der Waals surface area contributed by atoms with Crippen LogP contribution in [0.25, 0.3) is 0 Å². The van der Waals surface area contributed by atoms with Crippen LogP contribution in [0.5, 0.6) is 0 Å². The molecule has 1 aromatic heterocycles. The number of halogens is 4. The largest absolute Gasteiger partial charge is 0.368 e. The van der Waals surface area contributed by atoms with Crippen LogP contribution in [0.15, 0.2) is 6.20 Å². The minimum atomic E-state index is -4.11. The molecular formula is C10H14F4N2OS. The van der Waals surface area contributed by atoms with Gasteiger partial charge in [0.15, 0.2) is 0 Å². The number of thiazole rings is 1. The van der Waals surface area contributed by atoms with Crippen LogP contribution in [-0.4, -0.2) is 30.5 Å². The Labute approximate surface area is 106 Å². The second-order valence-corrected chi connectivity index (χ2v) is 4.75.